The van der Waals surface area contributed by atoms with Crippen molar-refractivity contribution in [1.29, 1.82) is 0 Å². The summed E-state index contributed by atoms with van der Waals surface area (Å²) in [4.78, 5) is 39.4. The van der Waals surface area contributed by atoms with E-state index in [9.17, 15) is 14.4 Å². The van der Waals surface area contributed by atoms with Crippen LogP contribution < -0.4 is 10.2 Å². The summed E-state index contributed by atoms with van der Waals surface area (Å²) < 4.78 is 0. The van der Waals surface area contributed by atoms with E-state index in [1.54, 1.807) is 12.1 Å². The Morgan fingerprint density at radius 2 is 1.54 bits per heavy atom. The lowest BCUT2D eigenvalue weighted by atomic mass is 9.85. The molecule has 1 heterocycles. The zero-order chi connectivity index (χ0) is 19.3. The number of fused-ring (bicyclic) bond motifs is 5. The third-order valence-corrected chi connectivity index (χ3v) is 7.00. The van der Waals surface area contributed by atoms with Crippen LogP contribution in [0.1, 0.15) is 44.1 Å². The number of nitrogens with zero attached hydrogens (tertiary/aromatic N) is 1. The average Bonchev–Trinajstić information content (AvgIpc) is 3.37. The Kier molecular flexibility index (Phi) is 4.33. The molecule has 5 rings (SSSR count). The number of hydrogen-bond acceptors (Lipinski definition) is 3. The van der Waals surface area contributed by atoms with Gasteiger partial charge in [-0.3, -0.25) is 19.3 Å². The summed E-state index contributed by atoms with van der Waals surface area (Å²) in [6, 6.07) is 7.63. The molecular weight excluding hydrogens is 352 g/mol. The van der Waals surface area contributed by atoms with E-state index in [1.165, 1.54) is 24.2 Å². The molecule has 3 aliphatic carbocycles. The second-order valence-corrected chi connectivity index (χ2v) is 8.76. The lowest BCUT2D eigenvalue weighted by Gasteiger charge is -2.22. The van der Waals surface area contributed by atoms with Crippen molar-refractivity contribution < 1.29 is 14.4 Å². The molecule has 1 saturated heterocycles. The molecule has 0 aromatic heterocycles. The first-order chi connectivity index (χ1) is 13.6. The highest BCUT2D eigenvalue weighted by Gasteiger charge is 2.59. The van der Waals surface area contributed by atoms with Crippen molar-refractivity contribution in [2.75, 3.05) is 4.90 Å². The third-order valence-electron chi connectivity index (χ3n) is 7.00. The maximum Gasteiger partial charge on any atom is 0.238 e. The fourth-order valence-corrected chi connectivity index (χ4v) is 5.63. The topological polar surface area (TPSA) is 66.5 Å². The number of amides is 3. The molecule has 1 aromatic carbocycles. The quantitative estimate of drug-likeness (QED) is 0.647. The summed E-state index contributed by atoms with van der Waals surface area (Å²) in [5, 5.41) is 3.13. The Morgan fingerprint density at radius 1 is 0.929 bits per heavy atom. The number of allylic oxidation sites excluding steroid dienone is 2. The Hall–Kier alpha value is -2.43. The van der Waals surface area contributed by atoms with Crippen LogP contribution in [-0.2, 0) is 20.8 Å². The summed E-state index contributed by atoms with van der Waals surface area (Å²) in [6.45, 7) is 0. The Balaban J connectivity index is 1.25. The van der Waals surface area contributed by atoms with Crippen molar-refractivity contribution in [2.45, 2.75) is 51.0 Å². The second-order valence-electron chi connectivity index (χ2n) is 8.76. The SMILES string of the molecule is O=C(Cc1ccc(N2C(=O)C3C4C=CC(C4)C3C2=O)cc1)NC1CCCCC1. The van der Waals surface area contributed by atoms with E-state index >= 15 is 0 Å². The predicted molar refractivity (Wildman–Crippen MR) is 105 cm³/mol. The summed E-state index contributed by atoms with van der Waals surface area (Å²) >= 11 is 0. The molecule has 3 amide bonds. The van der Waals surface area contributed by atoms with Crippen molar-refractivity contribution in [3.63, 3.8) is 0 Å². The second kappa shape index (κ2) is 6.87. The maximum atomic E-state index is 12.9. The smallest absolute Gasteiger partial charge is 0.238 e. The molecule has 28 heavy (non-hydrogen) atoms. The maximum absolute atomic E-state index is 12.9. The summed E-state index contributed by atoms with van der Waals surface area (Å²) in [6.07, 6.45) is 11.3. The van der Waals surface area contributed by atoms with Crippen LogP contribution in [0.25, 0.3) is 0 Å². The highest BCUT2D eigenvalue weighted by Crippen LogP contribution is 2.53. The van der Waals surface area contributed by atoms with Gasteiger partial charge in [0.15, 0.2) is 0 Å². The number of benzene rings is 1. The molecule has 4 aliphatic rings. The molecule has 1 aromatic rings. The van der Waals surface area contributed by atoms with Crippen LogP contribution in [0.5, 0.6) is 0 Å². The van der Waals surface area contributed by atoms with E-state index in [-0.39, 0.29) is 41.4 Å². The average molecular weight is 378 g/mol. The van der Waals surface area contributed by atoms with Crippen LogP contribution in [0, 0.1) is 23.7 Å². The van der Waals surface area contributed by atoms with Crippen LogP contribution in [-0.4, -0.2) is 23.8 Å². The zero-order valence-corrected chi connectivity index (χ0v) is 16.0. The number of hydrogen-bond donors (Lipinski definition) is 1. The summed E-state index contributed by atoms with van der Waals surface area (Å²) in [5.41, 5.74) is 1.53. The van der Waals surface area contributed by atoms with Gasteiger partial charge in [-0.05, 0) is 48.8 Å². The predicted octanol–water partition coefficient (Wildman–Crippen LogP) is 2.99. The number of nitrogens with one attached hydrogen (secondary N) is 1. The minimum atomic E-state index is -0.177. The molecule has 2 bridgehead atoms. The standard InChI is InChI=1S/C23H26N2O3/c26-19(24-17-4-2-1-3-5-17)12-14-6-10-18(11-7-14)25-22(27)20-15-8-9-16(13-15)21(20)23(25)28/h6-11,15-17,20-21H,1-5,12-13H2,(H,24,26). The first kappa shape index (κ1) is 17.7. The van der Waals surface area contributed by atoms with Gasteiger partial charge in [-0.2, -0.15) is 0 Å². The molecule has 146 valence electrons. The lowest BCUT2D eigenvalue weighted by molar-refractivity contribution is -0.123. The van der Waals surface area contributed by atoms with Crippen LogP contribution in [0.2, 0.25) is 0 Å². The number of imide groups is 1. The van der Waals surface area contributed by atoms with E-state index in [1.807, 2.05) is 12.1 Å². The zero-order valence-electron chi connectivity index (χ0n) is 16.0. The van der Waals surface area contributed by atoms with Crippen molar-refractivity contribution in [2.24, 2.45) is 23.7 Å². The molecule has 0 spiro atoms. The van der Waals surface area contributed by atoms with Gasteiger partial charge >= 0.3 is 0 Å². The highest BCUT2D eigenvalue weighted by molar-refractivity contribution is 6.22. The van der Waals surface area contributed by atoms with Gasteiger partial charge < -0.3 is 5.32 Å². The molecule has 0 radical (unpaired) electrons. The van der Waals surface area contributed by atoms with Gasteiger partial charge in [-0.25, -0.2) is 0 Å². The number of carbonyl (C=O) groups excluding carboxylic acids is 3. The molecule has 5 nitrogen and oxygen atoms in total. The van der Waals surface area contributed by atoms with E-state index in [0.29, 0.717) is 18.2 Å². The van der Waals surface area contributed by atoms with Crippen LogP contribution in [0.15, 0.2) is 36.4 Å². The van der Waals surface area contributed by atoms with Crippen molar-refractivity contribution >= 4 is 23.4 Å². The normalized spacial score (nSPS) is 31.5. The number of rotatable bonds is 4. The van der Waals surface area contributed by atoms with Gasteiger partial charge in [0.05, 0.1) is 23.9 Å². The monoisotopic (exact) mass is 378 g/mol. The van der Waals surface area contributed by atoms with Gasteiger partial charge in [0.2, 0.25) is 17.7 Å². The van der Waals surface area contributed by atoms with Crippen LogP contribution >= 0.6 is 0 Å². The third kappa shape index (κ3) is 2.88. The minimum Gasteiger partial charge on any atom is -0.353 e. The van der Waals surface area contributed by atoms with E-state index in [4.69, 9.17) is 0 Å². The first-order valence-corrected chi connectivity index (χ1v) is 10.6. The fraction of sp³-hybridized carbons (Fsp3) is 0.522. The minimum absolute atomic E-state index is 0.0464. The van der Waals surface area contributed by atoms with Gasteiger partial charge in [0, 0.05) is 6.04 Å². The molecular formula is C23H26N2O3. The fourth-order valence-electron chi connectivity index (χ4n) is 5.63. The molecule has 1 N–H and O–H groups in total. The Labute approximate surface area is 165 Å². The van der Waals surface area contributed by atoms with Crippen molar-refractivity contribution in [1.82, 2.24) is 5.32 Å². The van der Waals surface area contributed by atoms with Gasteiger partial charge in [-0.15, -0.1) is 0 Å². The molecule has 4 unspecified atom stereocenters. The van der Waals surface area contributed by atoms with Crippen molar-refractivity contribution in [3.8, 4) is 0 Å². The molecule has 1 aliphatic heterocycles. The Morgan fingerprint density at radius 3 is 2.14 bits per heavy atom. The summed E-state index contributed by atoms with van der Waals surface area (Å²) in [5.74, 6) is 0.0137. The number of anilines is 1. The molecule has 2 saturated carbocycles. The number of carbonyl (C=O) groups is 3. The van der Waals surface area contributed by atoms with E-state index in [0.717, 1.165) is 24.8 Å². The molecule has 4 atom stereocenters. The van der Waals surface area contributed by atoms with Gasteiger partial charge in [-0.1, -0.05) is 43.5 Å². The van der Waals surface area contributed by atoms with Crippen molar-refractivity contribution in [3.05, 3.63) is 42.0 Å². The van der Waals surface area contributed by atoms with Gasteiger partial charge in [0.1, 0.15) is 0 Å². The van der Waals surface area contributed by atoms with E-state index in [2.05, 4.69) is 17.5 Å². The first-order valence-electron chi connectivity index (χ1n) is 10.6. The lowest BCUT2D eigenvalue weighted by Crippen LogP contribution is -2.37. The molecule has 5 heteroatoms. The summed E-state index contributed by atoms with van der Waals surface area (Å²) in [7, 11) is 0. The largest absolute Gasteiger partial charge is 0.353 e. The van der Waals surface area contributed by atoms with Crippen LogP contribution in [0.4, 0.5) is 5.69 Å². The Bertz CT molecular complexity index is 808. The van der Waals surface area contributed by atoms with E-state index < -0.39 is 0 Å². The highest BCUT2D eigenvalue weighted by atomic mass is 16.2. The van der Waals surface area contributed by atoms with Gasteiger partial charge in [0.25, 0.3) is 0 Å². The molecule has 3 fully saturated rings. The van der Waals surface area contributed by atoms with Crippen LogP contribution in [0.3, 0.4) is 0 Å².